The predicted octanol–water partition coefficient (Wildman–Crippen LogP) is 3.04. The van der Waals surface area contributed by atoms with Crippen LogP contribution in [0.25, 0.3) is 5.69 Å². The van der Waals surface area contributed by atoms with Crippen LogP contribution in [0.1, 0.15) is 30.3 Å². The van der Waals surface area contributed by atoms with Crippen molar-refractivity contribution in [2.24, 2.45) is 0 Å². The average molecular weight is 319 g/mol. The third-order valence-corrected chi connectivity index (χ3v) is 4.59. The summed E-state index contributed by atoms with van der Waals surface area (Å²) in [5, 5.41) is 8.59. The van der Waals surface area contributed by atoms with Crippen LogP contribution in [0.5, 0.6) is 0 Å². The lowest BCUT2D eigenvalue weighted by molar-refractivity contribution is 0.193. The molecular weight excluding hydrogens is 298 g/mol. The van der Waals surface area contributed by atoms with Gasteiger partial charge in [-0.2, -0.15) is 0 Å². The monoisotopic (exact) mass is 319 g/mol. The number of aromatic nitrogens is 4. The maximum atomic E-state index is 4.45. The first-order chi connectivity index (χ1) is 11.9. The topological polar surface area (TPSA) is 46.8 Å². The standard InChI is InChI=1S/C19H21N5/c1-2-9-18(10-3-1)24-15-21-22-19(24)16-7-6-12-23(13-16)14-17-8-4-5-11-20-17/h1-5,8-11,15-16H,6-7,12-14H2. The SMILES string of the molecule is c1ccc(-n2cnnc2C2CCCN(Cc3ccccn3)C2)cc1. The van der Waals surface area contributed by atoms with Gasteiger partial charge in [0.15, 0.2) is 0 Å². The van der Waals surface area contributed by atoms with Crippen molar-refractivity contribution < 1.29 is 0 Å². The van der Waals surface area contributed by atoms with Gasteiger partial charge in [-0.25, -0.2) is 0 Å². The zero-order valence-corrected chi connectivity index (χ0v) is 13.6. The van der Waals surface area contributed by atoms with Crippen molar-refractivity contribution in [3.63, 3.8) is 0 Å². The molecule has 0 amide bonds. The minimum absolute atomic E-state index is 0.408. The van der Waals surface area contributed by atoms with E-state index in [-0.39, 0.29) is 0 Å². The fourth-order valence-corrected chi connectivity index (χ4v) is 3.44. The van der Waals surface area contributed by atoms with Gasteiger partial charge in [-0.1, -0.05) is 24.3 Å². The van der Waals surface area contributed by atoms with E-state index in [1.807, 2.05) is 36.8 Å². The van der Waals surface area contributed by atoms with Crippen LogP contribution < -0.4 is 0 Å². The Labute approximate surface area is 142 Å². The van der Waals surface area contributed by atoms with Crippen molar-refractivity contribution in [2.45, 2.75) is 25.3 Å². The Morgan fingerprint density at radius 3 is 2.75 bits per heavy atom. The molecule has 1 unspecified atom stereocenters. The predicted molar refractivity (Wildman–Crippen MR) is 92.8 cm³/mol. The quantitative estimate of drug-likeness (QED) is 0.741. The first-order valence-electron chi connectivity index (χ1n) is 8.48. The van der Waals surface area contributed by atoms with Crippen LogP contribution in [-0.2, 0) is 6.54 Å². The van der Waals surface area contributed by atoms with Crippen LogP contribution in [0.4, 0.5) is 0 Å². The summed E-state index contributed by atoms with van der Waals surface area (Å²) in [6.45, 7) is 3.02. The molecule has 0 saturated carbocycles. The molecule has 0 aliphatic carbocycles. The van der Waals surface area contributed by atoms with Gasteiger partial charge in [-0.05, 0) is 43.7 Å². The third-order valence-electron chi connectivity index (χ3n) is 4.59. The molecule has 0 spiro atoms. The van der Waals surface area contributed by atoms with E-state index in [2.05, 4.69) is 48.9 Å². The summed E-state index contributed by atoms with van der Waals surface area (Å²) >= 11 is 0. The van der Waals surface area contributed by atoms with Gasteiger partial charge in [0.05, 0.1) is 5.69 Å². The normalized spacial score (nSPS) is 18.6. The van der Waals surface area contributed by atoms with E-state index in [0.717, 1.165) is 43.3 Å². The Hall–Kier alpha value is -2.53. The lowest BCUT2D eigenvalue weighted by Crippen LogP contribution is -2.35. The van der Waals surface area contributed by atoms with Crippen molar-refractivity contribution in [1.82, 2.24) is 24.6 Å². The molecule has 5 heteroatoms. The molecule has 1 atom stereocenters. The summed E-state index contributed by atoms with van der Waals surface area (Å²) in [4.78, 5) is 6.92. The molecular formula is C19H21N5. The number of hydrogen-bond donors (Lipinski definition) is 0. The Morgan fingerprint density at radius 2 is 1.92 bits per heavy atom. The number of pyridine rings is 1. The molecule has 1 aliphatic heterocycles. The van der Waals surface area contributed by atoms with Crippen LogP contribution in [0.15, 0.2) is 61.1 Å². The molecule has 3 aromatic rings. The summed E-state index contributed by atoms with van der Waals surface area (Å²) in [5.41, 5.74) is 2.25. The van der Waals surface area contributed by atoms with E-state index in [4.69, 9.17) is 0 Å². The van der Waals surface area contributed by atoms with E-state index >= 15 is 0 Å². The highest BCUT2D eigenvalue weighted by Crippen LogP contribution is 2.27. The minimum atomic E-state index is 0.408. The number of likely N-dealkylation sites (tertiary alicyclic amines) is 1. The number of hydrogen-bond acceptors (Lipinski definition) is 4. The van der Waals surface area contributed by atoms with Gasteiger partial charge in [0, 0.05) is 30.9 Å². The van der Waals surface area contributed by atoms with Gasteiger partial charge in [0.2, 0.25) is 0 Å². The third kappa shape index (κ3) is 3.21. The summed E-state index contributed by atoms with van der Waals surface area (Å²) < 4.78 is 2.12. The van der Waals surface area contributed by atoms with Crippen molar-refractivity contribution in [1.29, 1.82) is 0 Å². The Kier molecular flexibility index (Phi) is 4.34. The van der Waals surface area contributed by atoms with Gasteiger partial charge in [-0.15, -0.1) is 10.2 Å². The summed E-state index contributed by atoms with van der Waals surface area (Å²) in [5.74, 6) is 1.47. The molecule has 0 radical (unpaired) electrons. The average Bonchev–Trinajstić information content (AvgIpc) is 3.13. The lowest BCUT2D eigenvalue weighted by atomic mass is 9.97. The Morgan fingerprint density at radius 1 is 1.04 bits per heavy atom. The molecule has 4 rings (SSSR count). The molecule has 1 aliphatic rings. The summed E-state index contributed by atoms with van der Waals surface area (Å²) in [7, 11) is 0. The first-order valence-corrected chi connectivity index (χ1v) is 8.48. The van der Waals surface area contributed by atoms with E-state index in [0.29, 0.717) is 5.92 Å². The van der Waals surface area contributed by atoms with Gasteiger partial charge < -0.3 is 0 Å². The second kappa shape index (κ2) is 6.93. The van der Waals surface area contributed by atoms with Crippen LogP contribution in [0, 0.1) is 0 Å². The van der Waals surface area contributed by atoms with E-state index < -0.39 is 0 Å². The van der Waals surface area contributed by atoms with Gasteiger partial charge >= 0.3 is 0 Å². The van der Waals surface area contributed by atoms with Crippen molar-refractivity contribution in [3.05, 3.63) is 72.6 Å². The zero-order chi connectivity index (χ0) is 16.2. The van der Waals surface area contributed by atoms with Gasteiger partial charge in [-0.3, -0.25) is 14.5 Å². The smallest absolute Gasteiger partial charge is 0.141 e. The summed E-state index contributed by atoms with van der Waals surface area (Å²) in [6.07, 6.45) is 6.02. The molecule has 1 saturated heterocycles. The highest BCUT2D eigenvalue weighted by molar-refractivity contribution is 5.32. The number of piperidine rings is 1. The first kappa shape index (κ1) is 15.0. The van der Waals surface area contributed by atoms with E-state index in [1.165, 1.54) is 6.42 Å². The van der Waals surface area contributed by atoms with Gasteiger partial charge in [0.25, 0.3) is 0 Å². The minimum Gasteiger partial charge on any atom is -0.297 e. The highest BCUT2D eigenvalue weighted by atomic mass is 15.3. The van der Waals surface area contributed by atoms with Crippen molar-refractivity contribution in [3.8, 4) is 5.69 Å². The van der Waals surface area contributed by atoms with E-state index in [9.17, 15) is 0 Å². The van der Waals surface area contributed by atoms with Crippen LogP contribution in [0.2, 0.25) is 0 Å². The van der Waals surface area contributed by atoms with Crippen LogP contribution in [-0.4, -0.2) is 37.7 Å². The molecule has 24 heavy (non-hydrogen) atoms. The second-order valence-corrected chi connectivity index (χ2v) is 6.29. The number of rotatable bonds is 4. The molecule has 1 fully saturated rings. The maximum absolute atomic E-state index is 4.45. The van der Waals surface area contributed by atoms with Crippen molar-refractivity contribution >= 4 is 0 Å². The van der Waals surface area contributed by atoms with Crippen LogP contribution in [0.3, 0.4) is 0 Å². The molecule has 1 aromatic carbocycles. The van der Waals surface area contributed by atoms with Gasteiger partial charge in [0.1, 0.15) is 12.2 Å². The fraction of sp³-hybridized carbons (Fsp3) is 0.316. The summed E-state index contributed by atoms with van der Waals surface area (Å²) in [6, 6.07) is 16.4. The zero-order valence-electron chi connectivity index (χ0n) is 13.6. The Balaban J connectivity index is 1.52. The molecule has 122 valence electrons. The molecule has 5 nitrogen and oxygen atoms in total. The van der Waals surface area contributed by atoms with E-state index in [1.54, 1.807) is 0 Å². The molecule has 3 heterocycles. The highest BCUT2D eigenvalue weighted by Gasteiger charge is 2.25. The number of benzene rings is 1. The maximum Gasteiger partial charge on any atom is 0.141 e. The van der Waals surface area contributed by atoms with Crippen LogP contribution >= 0.6 is 0 Å². The number of para-hydroxylation sites is 1. The largest absolute Gasteiger partial charge is 0.297 e. The molecule has 0 bridgehead atoms. The lowest BCUT2D eigenvalue weighted by Gasteiger charge is -2.32. The molecule has 2 aromatic heterocycles. The second-order valence-electron chi connectivity index (χ2n) is 6.29. The Bertz CT molecular complexity index is 769. The fourth-order valence-electron chi connectivity index (χ4n) is 3.44. The van der Waals surface area contributed by atoms with Crippen molar-refractivity contribution in [2.75, 3.05) is 13.1 Å². The molecule has 0 N–H and O–H groups in total. The number of nitrogens with zero attached hydrogens (tertiary/aromatic N) is 5.